The van der Waals surface area contributed by atoms with Crippen LogP contribution in [0.4, 0.5) is 5.69 Å². The molecule has 1 rings (SSSR count). The number of hydrogen-bond acceptors (Lipinski definition) is 5. The lowest BCUT2D eigenvalue weighted by molar-refractivity contribution is 0.397. The maximum atomic E-state index is 8.51. The predicted octanol–water partition coefficient (Wildman–Crippen LogP) is 1.56. The molecule has 17 heavy (non-hydrogen) atoms. The van der Waals surface area contributed by atoms with Crippen molar-refractivity contribution >= 4 is 22.6 Å². The monoisotopic (exact) mass is 249 g/mol. The van der Waals surface area contributed by atoms with Crippen LogP contribution in [0, 0.1) is 11.5 Å². The molecule has 0 aliphatic carbocycles. The lowest BCUT2D eigenvalue weighted by Gasteiger charge is -2.08. The second-order valence-electron chi connectivity index (χ2n) is 3.60. The lowest BCUT2D eigenvalue weighted by atomic mass is 10.3. The van der Waals surface area contributed by atoms with Gasteiger partial charge in [0, 0.05) is 6.54 Å². The summed E-state index contributed by atoms with van der Waals surface area (Å²) in [5.41, 5.74) is 1.73. The van der Waals surface area contributed by atoms with Gasteiger partial charge in [-0.3, -0.25) is 10.3 Å². The van der Waals surface area contributed by atoms with Crippen LogP contribution in [0.5, 0.6) is 0 Å². The summed E-state index contributed by atoms with van der Waals surface area (Å²) in [6, 6.07) is 3.82. The van der Waals surface area contributed by atoms with Crippen LogP contribution in [0.3, 0.4) is 0 Å². The van der Waals surface area contributed by atoms with Gasteiger partial charge in [0.2, 0.25) is 0 Å². The molecule has 0 amide bonds. The lowest BCUT2D eigenvalue weighted by Crippen LogP contribution is -2.13. The van der Waals surface area contributed by atoms with Crippen LogP contribution in [0.25, 0.3) is 0 Å². The third kappa shape index (κ3) is 4.85. The Kier molecular flexibility index (Phi) is 5.46. The van der Waals surface area contributed by atoms with E-state index in [1.54, 1.807) is 6.20 Å². The fourth-order valence-electron chi connectivity index (χ4n) is 1.19. The Morgan fingerprint density at radius 1 is 1.59 bits per heavy atom. The summed E-state index contributed by atoms with van der Waals surface area (Å²) in [5.74, 6) is 0. The fourth-order valence-corrected chi connectivity index (χ4v) is 1.53. The predicted molar refractivity (Wildman–Crippen MR) is 71.0 cm³/mol. The van der Waals surface area contributed by atoms with E-state index in [0.29, 0.717) is 5.17 Å². The van der Waals surface area contributed by atoms with Gasteiger partial charge in [-0.25, -0.2) is 4.99 Å². The van der Waals surface area contributed by atoms with Crippen molar-refractivity contribution in [1.82, 2.24) is 15.2 Å². The molecular formula is C11H15N5S. The van der Waals surface area contributed by atoms with Crippen LogP contribution in [0.1, 0.15) is 5.69 Å². The van der Waals surface area contributed by atoms with Crippen molar-refractivity contribution in [3.05, 3.63) is 24.0 Å². The molecule has 0 aromatic carbocycles. The highest BCUT2D eigenvalue weighted by Gasteiger charge is 1.99. The Morgan fingerprint density at radius 3 is 2.82 bits per heavy atom. The molecule has 90 valence electrons. The number of pyridine rings is 1. The average molecular weight is 249 g/mol. The molecule has 6 heteroatoms. The molecule has 0 unspecified atom stereocenters. The normalized spacial score (nSPS) is 11.4. The third-order valence-electron chi connectivity index (χ3n) is 1.87. The Morgan fingerprint density at radius 2 is 2.35 bits per heavy atom. The number of nitriles is 1. The van der Waals surface area contributed by atoms with Gasteiger partial charge in [0.05, 0.1) is 17.6 Å². The van der Waals surface area contributed by atoms with E-state index in [9.17, 15) is 0 Å². The van der Waals surface area contributed by atoms with Gasteiger partial charge in [-0.1, -0.05) is 11.8 Å². The first-order valence-electron chi connectivity index (χ1n) is 5.03. The Balaban J connectivity index is 2.77. The quantitative estimate of drug-likeness (QED) is 0.381. The fraction of sp³-hybridized carbons (Fsp3) is 0.364. The van der Waals surface area contributed by atoms with Gasteiger partial charge in [-0.2, -0.15) is 5.26 Å². The highest BCUT2D eigenvalue weighted by atomic mass is 32.2. The van der Waals surface area contributed by atoms with E-state index >= 15 is 0 Å². The third-order valence-corrected chi connectivity index (χ3v) is 2.45. The summed E-state index contributed by atoms with van der Waals surface area (Å²) in [6.45, 7) is 0.801. The van der Waals surface area contributed by atoms with Crippen molar-refractivity contribution in [3.8, 4) is 6.19 Å². The van der Waals surface area contributed by atoms with E-state index < -0.39 is 0 Å². The van der Waals surface area contributed by atoms with Gasteiger partial charge in [-0.05, 0) is 32.5 Å². The molecule has 1 heterocycles. The second kappa shape index (κ2) is 6.89. The molecule has 0 fully saturated rings. The van der Waals surface area contributed by atoms with Crippen LogP contribution in [0.2, 0.25) is 0 Å². The standard InChI is InChI=1S/C11H15N5S/c1-16(2)7-10-5-4-9(6-13-10)15-11(17-3)14-8-12/h4-6H,7H2,1-3H3,(H,14,15). The summed E-state index contributed by atoms with van der Waals surface area (Å²) in [7, 11) is 3.99. The summed E-state index contributed by atoms with van der Waals surface area (Å²) < 4.78 is 0. The number of aromatic nitrogens is 1. The summed E-state index contributed by atoms with van der Waals surface area (Å²) in [6.07, 6.45) is 5.41. The first-order chi connectivity index (χ1) is 8.15. The summed E-state index contributed by atoms with van der Waals surface area (Å²) in [5, 5.41) is 11.6. The van der Waals surface area contributed by atoms with E-state index in [0.717, 1.165) is 17.9 Å². The van der Waals surface area contributed by atoms with E-state index in [1.807, 2.05) is 38.7 Å². The smallest absolute Gasteiger partial charge is 0.183 e. The zero-order valence-corrected chi connectivity index (χ0v) is 11.0. The van der Waals surface area contributed by atoms with Crippen LogP contribution < -0.4 is 5.32 Å². The highest BCUT2D eigenvalue weighted by Crippen LogP contribution is 2.13. The van der Waals surface area contributed by atoms with E-state index in [1.165, 1.54) is 11.8 Å². The van der Waals surface area contributed by atoms with Crippen molar-refractivity contribution in [2.45, 2.75) is 6.54 Å². The number of amidine groups is 1. The molecule has 0 spiro atoms. The first-order valence-corrected chi connectivity index (χ1v) is 6.25. The number of nitrogens with one attached hydrogen (secondary N) is 1. The first kappa shape index (κ1) is 13.5. The van der Waals surface area contributed by atoms with Gasteiger partial charge in [-0.15, -0.1) is 0 Å². The largest absolute Gasteiger partial charge is 0.304 e. The number of aliphatic imine (C=N–C) groups is 1. The van der Waals surface area contributed by atoms with Gasteiger partial charge < -0.3 is 4.90 Å². The molecule has 0 radical (unpaired) electrons. The molecule has 1 aromatic heterocycles. The maximum absolute atomic E-state index is 8.51. The van der Waals surface area contributed by atoms with Gasteiger partial charge in [0.25, 0.3) is 0 Å². The van der Waals surface area contributed by atoms with Crippen molar-refractivity contribution in [2.24, 2.45) is 4.99 Å². The Labute approximate surface area is 106 Å². The zero-order valence-electron chi connectivity index (χ0n) is 10.1. The SMILES string of the molecule is CSC(=Nc1ccc(CN(C)C)nc1)NC#N. The molecule has 0 bridgehead atoms. The van der Waals surface area contributed by atoms with Gasteiger partial charge >= 0.3 is 0 Å². The van der Waals surface area contributed by atoms with Crippen molar-refractivity contribution in [3.63, 3.8) is 0 Å². The summed E-state index contributed by atoms with van der Waals surface area (Å²) >= 11 is 1.38. The molecule has 1 aromatic rings. The summed E-state index contributed by atoms with van der Waals surface area (Å²) in [4.78, 5) is 10.6. The molecule has 0 saturated carbocycles. The Bertz CT molecular complexity index is 418. The minimum atomic E-state index is 0.564. The molecule has 0 aliphatic rings. The van der Waals surface area contributed by atoms with Crippen LogP contribution in [0.15, 0.2) is 23.3 Å². The van der Waals surface area contributed by atoms with Crippen LogP contribution >= 0.6 is 11.8 Å². The van der Waals surface area contributed by atoms with Crippen molar-refractivity contribution < 1.29 is 0 Å². The molecule has 1 N–H and O–H groups in total. The van der Waals surface area contributed by atoms with Gasteiger partial charge in [0.1, 0.15) is 0 Å². The van der Waals surface area contributed by atoms with Gasteiger partial charge in [0.15, 0.2) is 11.4 Å². The average Bonchev–Trinajstić information content (AvgIpc) is 2.30. The van der Waals surface area contributed by atoms with E-state index in [2.05, 4.69) is 20.2 Å². The minimum Gasteiger partial charge on any atom is -0.304 e. The number of thioether (sulfide) groups is 1. The van der Waals surface area contributed by atoms with Crippen LogP contribution in [-0.2, 0) is 6.54 Å². The highest BCUT2D eigenvalue weighted by molar-refractivity contribution is 8.13. The van der Waals surface area contributed by atoms with E-state index in [4.69, 9.17) is 5.26 Å². The van der Waals surface area contributed by atoms with E-state index in [-0.39, 0.29) is 0 Å². The second-order valence-corrected chi connectivity index (χ2v) is 4.40. The molecule has 0 atom stereocenters. The topological polar surface area (TPSA) is 64.3 Å². The van der Waals surface area contributed by atoms with Crippen LogP contribution in [-0.4, -0.2) is 35.4 Å². The number of rotatable bonds is 3. The molecular weight excluding hydrogens is 234 g/mol. The molecule has 0 saturated heterocycles. The number of nitrogens with zero attached hydrogens (tertiary/aromatic N) is 4. The molecule has 5 nitrogen and oxygen atoms in total. The molecule has 0 aliphatic heterocycles. The van der Waals surface area contributed by atoms with Crippen molar-refractivity contribution in [2.75, 3.05) is 20.4 Å². The maximum Gasteiger partial charge on any atom is 0.183 e. The van der Waals surface area contributed by atoms with Crippen molar-refractivity contribution in [1.29, 1.82) is 5.26 Å². The number of hydrogen-bond donors (Lipinski definition) is 1. The Hall–Kier alpha value is -1.58. The zero-order chi connectivity index (χ0) is 12.7. The minimum absolute atomic E-state index is 0.564.